The fraction of sp³-hybridized carbons (Fsp3) is 0.333. The molecule has 2 amide bonds. The topological polar surface area (TPSA) is 75.4 Å². The van der Waals surface area contributed by atoms with Crippen LogP contribution in [0, 0.1) is 0 Å². The first-order valence-corrected chi connectivity index (χ1v) is 5.90. The highest BCUT2D eigenvalue weighted by atomic mass is 35.5. The molecule has 0 spiro atoms. The van der Waals surface area contributed by atoms with Crippen LogP contribution in [-0.4, -0.2) is 36.9 Å². The molecule has 0 aliphatic rings. The van der Waals surface area contributed by atoms with Crippen LogP contribution in [0.4, 0.5) is 5.69 Å². The zero-order chi connectivity index (χ0) is 13.7. The van der Waals surface area contributed by atoms with Crippen LogP contribution in [0.5, 0.6) is 0 Å². The van der Waals surface area contributed by atoms with Crippen molar-refractivity contribution in [3.8, 4) is 0 Å². The van der Waals surface area contributed by atoms with Crippen molar-refractivity contribution >= 4 is 29.1 Å². The van der Waals surface area contributed by atoms with Gasteiger partial charge in [-0.15, -0.1) is 0 Å². The summed E-state index contributed by atoms with van der Waals surface area (Å²) in [6.45, 7) is 2.33. The summed E-state index contributed by atoms with van der Waals surface area (Å²) >= 11 is 5.93. The molecule has 1 aromatic carbocycles. The van der Waals surface area contributed by atoms with Crippen LogP contribution >= 0.6 is 11.6 Å². The van der Waals surface area contributed by atoms with Gasteiger partial charge in [0.1, 0.15) is 0 Å². The standard InChI is InChI=1S/C12H16ClN3O2/c1-3-15-11(17)7-16(2)12(18)9-6-8(14)4-5-10(9)13/h4-6H,3,7,14H2,1-2H3,(H,15,17). The Morgan fingerprint density at radius 2 is 2.11 bits per heavy atom. The van der Waals surface area contributed by atoms with Gasteiger partial charge in [0.15, 0.2) is 0 Å². The van der Waals surface area contributed by atoms with Gasteiger partial charge in [0.25, 0.3) is 5.91 Å². The summed E-state index contributed by atoms with van der Waals surface area (Å²) < 4.78 is 0. The maximum absolute atomic E-state index is 12.1. The van der Waals surface area contributed by atoms with E-state index in [1.165, 1.54) is 18.0 Å². The molecule has 0 atom stereocenters. The van der Waals surface area contributed by atoms with Crippen LogP contribution in [0.2, 0.25) is 5.02 Å². The second-order valence-electron chi connectivity index (χ2n) is 3.85. The highest BCUT2D eigenvalue weighted by Gasteiger charge is 2.17. The van der Waals surface area contributed by atoms with Crippen molar-refractivity contribution in [3.63, 3.8) is 0 Å². The van der Waals surface area contributed by atoms with Crippen molar-refractivity contribution < 1.29 is 9.59 Å². The predicted molar refractivity (Wildman–Crippen MR) is 71.5 cm³/mol. The van der Waals surface area contributed by atoms with Crippen molar-refractivity contribution in [2.45, 2.75) is 6.92 Å². The van der Waals surface area contributed by atoms with Gasteiger partial charge in [0.05, 0.1) is 17.1 Å². The Morgan fingerprint density at radius 3 is 2.72 bits per heavy atom. The van der Waals surface area contributed by atoms with Gasteiger partial charge in [0, 0.05) is 19.3 Å². The molecule has 18 heavy (non-hydrogen) atoms. The Hall–Kier alpha value is -1.75. The van der Waals surface area contributed by atoms with Gasteiger partial charge in [-0.25, -0.2) is 0 Å². The first-order valence-electron chi connectivity index (χ1n) is 5.53. The van der Waals surface area contributed by atoms with Gasteiger partial charge in [-0.1, -0.05) is 11.6 Å². The largest absolute Gasteiger partial charge is 0.399 e. The fourth-order valence-corrected chi connectivity index (χ4v) is 1.65. The quantitative estimate of drug-likeness (QED) is 0.805. The van der Waals surface area contributed by atoms with Crippen molar-refractivity contribution in [2.24, 2.45) is 0 Å². The van der Waals surface area contributed by atoms with Gasteiger partial charge in [-0.3, -0.25) is 9.59 Å². The zero-order valence-corrected chi connectivity index (χ0v) is 11.1. The summed E-state index contributed by atoms with van der Waals surface area (Å²) in [4.78, 5) is 24.7. The lowest BCUT2D eigenvalue weighted by atomic mass is 10.2. The number of hydrogen-bond donors (Lipinski definition) is 2. The van der Waals surface area contributed by atoms with E-state index in [0.29, 0.717) is 22.8 Å². The van der Waals surface area contributed by atoms with E-state index in [1.807, 2.05) is 6.92 Å². The van der Waals surface area contributed by atoms with Crippen LogP contribution in [0.25, 0.3) is 0 Å². The zero-order valence-electron chi connectivity index (χ0n) is 10.4. The number of benzene rings is 1. The molecule has 3 N–H and O–H groups in total. The normalized spacial score (nSPS) is 9.94. The minimum atomic E-state index is -0.335. The number of nitrogen functional groups attached to an aromatic ring is 1. The lowest BCUT2D eigenvalue weighted by Gasteiger charge is -2.17. The van der Waals surface area contributed by atoms with Crippen molar-refractivity contribution in [3.05, 3.63) is 28.8 Å². The minimum Gasteiger partial charge on any atom is -0.399 e. The highest BCUT2D eigenvalue weighted by molar-refractivity contribution is 6.34. The second kappa shape index (κ2) is 6.26. The first-order chi connectivity index (χ1) is 8.45. The number of likely N-dealkylation sites (N-methyl/N-ethyl adjacent to an activating group) is 2. The molecule has 0 radical (unpaired) electrons. The first kappa shape index (κ1) is 14.3. The number of halogens is 1. The lowest BCUT2D eigenvalue weighted by Crippen LogP contribution is -2.38. The molecule has 0 unspecified atom stereocenters. The van der Waals surface area contributed by atoms with E-state index < -0.39 is 0 Å². The number of rotatable bonds is 4. The van der Waals surface area contributed by atoms with Gasteiger partial charge >= 0.3 is 0 Å². The smallest absolute Gasteiger partial charge is 0.255 e. The third-order valence-electron chi connectivity index (χ3n) is 2.32. The molecule has 98 valence electrons. The number of nitrogens with one attached hydrogen (secondary N) is 1. The van der Waals surface area contributed by atoms with Crippen LogP contribution in [-0.2, 0) is 4.79 Å². The Morgan fingerprint density at radius 1 is 1.44 bits per heavy atom. The monoisotopic (exact) mass is 269 g/mol. The maximum Gasteiger partial charge on any atom is 0.255 e. The summed E-state index contributed by atoms with van der Waals surface area (Å²) in [5.41, 5.74) is 6.35. The molecule has 0 fully saturated rings. The molecule has 1 aromatic rings. The summed E-state index contributed by atoms with van der Waals surface area (Å²) in [5.74, 6) is -0.549. The number of anilines is 1. The maximum atomic E-state index is 12.1. The predicted octanol–water partition coefficient (Wildman–Crippen LogP) is 1.13. The SMILES string of the molecule is CCNC(=O)CN(C)C(=O)c1cc(N)ccc1Cl. The molecule has 5 nitrogen and oxygen atoms in total. The van der Waals surface area contributed by atoms with Crippen LogP contribution in [0.3, 0.4) is 0 Å². The van der Waals surface area contributed by atoms with Gasteiger partial charge < -0.3 is 16.0 Å². The van der Waals surface area contributed by atoms with Gasteiger partial charge in [0.2, 0.25) is 5.91 Å². The molecule has 0 aliphatic carbocycles. The average Bonchev–Trinajstić information content (AvgIpc) is 2.31. The number of carbonyl (C=O) groups excluding carboxylic acids is 2. The van der Waals surface area contributed by atoms with E-state index in [-0.39, 0.29) is 18.4 Å². The third kappa shape index (κ3) is 3.63. The van der Waals surface area contributed by atoms with E-state index in [9.17, 15) is 9.59 Å². The average molecular weight is 270 g/mol. The molecule has 0 aromatic heterocycles. The van der Waals surface area contributed by atoms with Gasteiger partial charge in [-0.05, 0) is 25.1 Å². The van der Waals surface area contributed by atoms with Crippen LogP contribution in [0.15, 0.2) is 18.2 Å². The number of amides is 2. The molecule has 0 heterocycles. The minimum absolute atomic E-state index is 0.0161. The molecule has 6 heteroatoms. The Balaban J connectivity index is 2.80. The number of nitrogens with zero attached hydrogens (tertiary/aromatic N) is 1. The molecular weight excluding hydrogens is 254 g/mol. The summed E-state index contributed by atoms with van der Waals surface area (Å²) in [5, 5.41) is 2.93. The third-order valence-corrected chi connectivity index (χ3v) is 2.65. The molecular formula is C12H16ClN3O2. The van der Waals surface area contributed by atoms with Crippen molar-refractivity contribution in [1.29, 1.82) is 0 Å². The molecule has 0 bridgehead atoms. The van der Waals surface area contributed by atoms with E-state index in [1.54, 1.807) is 12.1 Å². The summed E-state index contributed by atoms with van der Waals surface area (Å²) in [6.07, 6.45) is 0. The summed E-state index contributed by atoms with van der Waals surface area (Å²) in [7, 11) is 1.54. The second-order valence-corrected chi connectivity index (χ2v) is 4.26. The van der Waals surface area contributed by atoms with E-state index in [0.717, 1.165) is 0 Å². The van der Waals surface area contributed by atoms with E-state index in [2.05, 4.69) is 5.32 Å². The Bertz CT molecular complexity index is 463. The molecule has 0 saturated carbocycles. The Kier molecular flexibility index (Phi) is 4.97. The van der Waals surface area contributed by atoms with Crippen LogP contribution < -0.4 is 11.1 Å². The van der Waals surface area contributed by atoms with Crippen molar-refractivity contribution in [1.82, 2.24) is 10.2 Å². The molecule has 0 aliphatic heterocycles. The highest BCUT2D eigenvalue weighted by Crippen LogP contribution is 2.20. The fourth-order valence-electron chi connectivity index (χ4n) is 1.45. The lowest BCUT2D eigenvalue weighted by molar-refractivity contribution is -0.121. The number of hydrogen-bond acceptors (Lipinski definition) is 3. The van der Waals surface area contributed by atoms with E-state index >= 15 is 0 Å². The molecule has 1 rings (SSSR count). The van der Waals surface area contributed by atoms with Crippen LogP contribution in [0.1, 0.15) is 17.3 Å². The number of carbonyl (C=O) groups is 2. The molecule has 0 saturated heterocycles. The van der Waals surface area contributed by atoms with Gasteiger partial charge in [-0.2, -0.15) is 0 Å². The Labute approximate surface area is 111 Å². The number of nitrogens with two attached hydrogens (primary N) is 1. The van der Waals surface area contributed by atoms with E-state index in [4.69, 9.17) is 17.3 Å². The van der Waals surface area contributed by atoms with Crippen molar-refractivity contribution in [2.75, 3.05) is 25.9 Å². The summed E-state index contributed by atoms with van der Waals surface area (Å²) in [6, 6.07) is 4.67.